The Morgan fingerprint density at radius 2 is 1.52 bits per heavy atom. The van der Waals surface area contributed by atoms with Crippen molar-refractivity contribution in [3.05, 3.63) is 107 Å². The second kappa shape index (κ2) is 9.04. The van der Waals surface area contributed by atoms with Gasteiger partial charge in [-0.25, -0.2) is 0 Å². The Hall–Kier alpha value is -4.26. The Kier molecular flexibility index (Phi) is 5.84. The fourth-order valence-corrected chi connectivity index (χ4v) is 3.31. The second-order valence-corrected chi connectivity index (χ2v) is 6.95. The lowest BCUT2D eigenvalue weighted by Crippen LogP contribution is -2.39. The number of hydrogen-bond acceptors (Lipinski definition) is 4. The number of aromatic nitrogens is 2. The van der Waals surface area contributed by atoms with Gasteiger partial charge in [-0.1, -0.05) is 60.7 Å². The van der Waals surface area contributed by atoms with Gasteiger partial charge in [-0.05, 0) is 29.8 Å². The summed E-state index contributed by atoms with van der Waals surface area (Å²) in [7, 11) is 0. The zero-order chi connectivity index (χ0) is 21.6. The number of nitrogens with zero attached hydrogens (tertiary/aromatic N) is 2. The van der Waals surface area contributed by atoms with Crippen LogP contribution in [0.25, 0.3) is 10.9 Å². The first-order valence-corrected chi connectivity index (χ1v) is 9.77. The van der Waals surface area contributed by atoms with Crippen molar-refractivity contribution in [1.82, 2.24) is 15.1 Å². The first-order chi connectivity index (χ1) is 15.1. The van der Waals surface area contributed by atoms with Gasteiger partial charge in [0.05, 0.1) is 11.7 Å². The number of rotatable bonds is 6. The highest BCUT2D eigenvalue weighted by Crippen LogP contribution is 2.16. The van der Waals surface area contributed by atoms with Crippen molar-refractivity contribution in [2.45, 2.75) is 12.6 Å². The summed E-state index contributed by atoms with van der Waals surface area (Å²) in [4.78, 5) is 37.8. The molecule has 1 heterocycles. The first kappa shape index (κ1) is 20.0. The first-order valence-electron chi connectivity index (χ1n) is 9.77. The molecule has 0 saturated heterocycles. The van der Waals surface area contributed by atoms with E-state index in [1.807, 2.05) is 24.3 Å². The molecular formula is C24H20N4O3. The smallest absolute Gasteiger partial charge is 0.251 e. The molecule has 0 aliphatic rings. The summed E-state index contributed by atoms with van der Waals surface area (Å²) in [5.74, 6) is -0.762. The minimum atomic E-state index is -0.889. The maximum absolute atomic E-state index is 13.0. The SMILES string of the molecule is O=C(Cn1ncc(=O)c2ccccc21)NC(C(=O)Nc1ccccc1)c1ccccc1. The van der Waals surface area contributed by atoms with Gasteiger partial charge in [0.1, 0.15) is 12.6 Å². The average molecular weight is 412 g/mol. The van der Waals surface area contributed by atoms with Crippen molar-refractivity contribution in [3.63, 3.8) is 0 Å². The molecule has 2 N–H and O–H groups in total. The predicted octanol–water partition coefficient (Wildman–Crippen LogP) is 2.89. The maximum Gasteiger partial charge on any atom is 0.251 e. The average Bonchev–Trinajstić information content (AvgIpc) is 2.81. The molecule has 7 heteroatoms. The Labute approximate surface area is 178 Å². The normalized spacial score (nSPS) is 11.6. The molecule has 1 unspecified atom stereocenters. The number of anilines is 1. The van der Waals surface area contributed by atoms with Gasteiger partial charge in [-0.15, -0.1) is 0 Å². The summed E-state index contributed by atoms with van der Waals surface area (Å²) in [6, 6.07) is 24.1. The van der Waals surface area contributed by atoms with E-state index in [1.165, 1.54) is 10.9 Å². The molecular weight excluding hydrogens is 392 g/mol. The Bertz CT molecular complexity index is 1270. The van der Waals surface area contributed by atoms with Gasteiger partial charge >= 0.3 is 0 Å². The van der Waals surface area contributed by atoms with Gasteiger partial charge < -0.3 is 10.6 Å². The van der Waals surface area contributed by atoms with E-state index >= 15 is 0 Å². The molecule has 154 valence electrons. The zero-order valence-electron chi connectivity index (χ0n) is 16.6. The third-order valence-corrected chi connectivity index (χ3v) is 4.80. The van der Waals surface area contributed by atoms with Crippen LogP contribution >= 0.6 is 0 Å². The number of fused-ring (bicyclic) bond motifs is 1. The van der Waals surface area contributed by atoms with Crippen LogP contribution in [0.5, 0.6) is 0 Å². The number of carbonyl (C=O) groups excluding carboxylic acids is 2. The van der Waals surface area contributed by atoms with E-state index in [0.717, 1.165) is 0 Å². The molecule has 0 aliphatic carbocycles. The molecule has 0 aliphatic heterocycles. The fourth-order valence-electron chi connectivity index (χ4n) is 3.31. The van der Waals surface area contributed by atoms with Crippen LogP contribution in [0.15, 0.2) is 95.9 Å². The molecule has 7 nitrogen and oxygen atoms in total. The zero-order valence-corrected chi connectivity index (χ0v) is 16.6. The molecule has 1 aromatic heterocycles. The minimum absolute atomic E-state index is 0.136. The van der Waals surface area contributed by atoms with Gasteiger partial charge in [0.25, 0.3) is 5.91 Å². The number of benzene rings is 3. The number of amides is 2. The molecule has 0 fully saturated rings. The van der Waals surface area contributed by atoms with E-state index in [0.29, 0.717) is 22.2 Å². The fraction of sp³-hybridized carbons (Fsp3) is 0.0833. The summed E-state index contributed by atoms with van der Waals surface area (Å²) in [6.45, 7) is -0.136. The highest BCUT2D eigenvalue weighted by molar-refractivity contribution is 5.98. The molecule has 0 bridgehead atoms. The summed E-state index contributed by atoms with van der Waals surface area (Å²) in [5, 5.41) is 10.2. The van der Waals surface area contributed by atoms with Crippen molar-refractivity contribution in [1.29, 1.82) is 0 Å². The topological polar surface area (TPSA) is 93.1 Å². The van der Waals surface area contributed by atoms with Crippen molar-refractivity contribution >= 4 is 28.4 Å². The van der Waals surface area contributed by atoms with Crippen molar-refractivity contribution < 1.29 is 9.59 Å². The van der Waals surface area contributed by atoms with Crippen molar-refractivity contribution in [2.75, 3.05) is 5.32 Å². The van der Waals surface area contributed by atoms with Crippen LogP contribution in [0.2, 0.25) is 0 Å². The molecule has 0 radical (unpaired) electrons. The van der Waals surface area contributed by atoms with Gasteiger partial charge in [0.2, 0.25) is 11.3 Å². The molecule has 4 aromatic rings. The molecule has 31 heavy (non-hydrogen) atoms. The Morgan fingerprint density at radius 1 is 0.871 bits per heavy atom. The van der Waals surface area contributed by atoms with Crippen LogP contribution in [0.1, 0.15) is 11.6 Å². The second-order valence-electron chi connectivity index (χ2n) is 6.95. The van der Waals surface area contributed by atoms with E-state index in [9.17, 15) is 14.4 Å². The number of hydrogen-bond donors (Lipinski definition) is 2. The number of carbonyl (C=O) groups is 2. The lowest BCUT2D eigenvalue weighted by molar-refractivity contribution is -0.127. The van der Waals surface area contributed by atoms with Gasteiger partial charge in [0, 0.05) is 11.1 Å². The van der Waals surface area contributed by atoms with Gasteiger partial charge in [-0.2, -0.15) is 5.10 Å². The van der Waals surface area contributed by atoms with Crippen molar-refractivity contribution in [2.24, 2.45) is 0 Å². The highest BCUT2D eigenvalue weighted by Gasteiger charge is 2.23. The van der Waals surface area contributed by atoms with E-state index in [-0.39, 0.29) is 17.9 Å². The van der Waals surface area contributed by atoms with Gasteiger partial charge in [0.15, 0.2) is 0 Å². The third-order valence-electron chi connectivity index (χ3n) is 4.80. The van der Waals surface area contributed by atoms with E-state index in [4.69, 9.17) is 0 Å². The molecule has 4 rings (SSSR count). The number of nitrogens with one attached hydrogen (secondary N) is 2. The van der Waals surface area contributed by atoms with Crippen molar-refractivity contribution in [3.8, 4) is 0 Å². The van der Waals surface area contributed by atoms with Crippen LogP contribution in [-0.2, 0) is 16.1 Å². The summed E-state index contributed by atoms with van der Waals surface area (Å²) >= 11 is 0. The largest absolute Gasteiger partial charge is 0.339 e. The molecule has 1 atom stereocenters. The highest BCUT2D eigenvalue weighted by atomic mass is 16.2. The quantitative estimate of drug-likeness (QED) is 0.509. The lowest BCUT2D eigenvalue weighted by Gasteiger charge is -2.19. The minimum Gasteiger partial charge on any atom is -0.339 e. The molecule has 0 spiro atoms. The monoisotopic (exact) mass is 412 g/mol. The van der Waals surface area contributed by atoms with E-state index in [2.05, 4.69) is 15.7 Å². The van der Waals surface area contributed by atoms with Crippen LogP contribution in [0, 0.1) is 0 Å². The van der Waals surface area contributed by atoms with Crippen LogP contribution < -0.4 is 16.1 Å². The third kappa shape index (κ3) is 4.67. The van der Waals surface area contributed by atoms with Crippen LogP contribution in [0.3, 0.4) is 0 Å². The summed E-state index contributed by atoms with van der Waals surface area (Å²) < 4.78 is 1.45. The van der Waals surface area contributed by atoms with E-state index in [1.54, 1.807) is 60.7 Å². The Balaban J connectivity index is 1.57. The lowest BCUT2D eigenvalue weighted by atomic mass is 10.1. The number of para-hydroxylation sites is 2. The molecule has 3 aromatic carbocycles. The predicted molar refractivity (Wildman–Crippen MR) is 118 cm³/mol. The summed E-state index contributed by atoms with van der Waals surface area (Å²) in [5.41, 5.74) is 1.63. The standard InChI is InChI=1S/C24H20N4O3/c29-21-15-25-28(20-14-8-7-13-19(20)21)16-22(30)27-23(17-9-3-1-4-10-17)24(31)26-18-11-5-2-6-12-18/h1-15,23H,16H2,(H,26,31)(H,27,30). The van der Waals surface area contributed by atoms with Crippen LogP contribution in [-0.4, -0.2) is 21.6 Å². The van der Waals surface area contributed by atoms with E-state index < -0.39 is 11.9 Å². The van der Waals surface area contributed by atoms with Gasteiger partial charge in [-0.3, -0.25) is 19.1 Å². The maximum atomic E-state index is 13.0. The molecule has 0 saturated carbocycles. The Morgan fingerprint density at radius 3 is 2.26 bits per heavy atom. The molecule has 2 amide bonds. The summed E-state index contributed by atoms with van der Waals surface area (Å²) in [6.07, 6.45) is 1.19. The van der Waals surface area contributed by atoms with Crippen LogP contribution in [0.4, 0.5) is 5.69 Å².